The number of hydrogen-bond donors (Lipinski definition) is 2. The molecule has 0 aliphatic carbocycles. The molecule has 0 radical (unpaired) electrons. The number of fused-ring (bicyclic) bond motifs is 1. The second-order valence-corrected chi connectivity index (χ2v) is 5.84. The van der Waals surface area contributed by atoms with E-state index in [9.17, 15) is 4.39 Å². The molecule has 0 amide bonds. The van der Waals surface area contributed by atoms with Crippen molar-refractivity contribution >= 4 is 16.6 Å². The van der Waals surface area contributed by atoms with Crippen molar-refractivity contribution in [3.8, 4) is 16.9 Å². The summed E-state index contributed by atoms with van der Waals surface area (Å²) in [6.07, 6.45) is 4.99. The van der Waals surface area contributed by atoms with Gasteiger partial charge in [0, 0.05) is 29.4 Å². The molecule has 1 aromatic carbocycles. The number of rotatable bonds is 3. The summed E-state index contributed by atoms with van der Waals surface area (Å²) >= 11 is 0. The van der Waals surface area contributed by atoms with Gasteiger partial charge in [0.25, 0.3) is 0 Å². The van der Waals surface area contributed by atoms with E-state index < -0.39 is 0 Å². The standard InChI is InChI=1S/C19H18FN3O/c1-24-18-5-4-13(20)9-15(18)14-6-8-22-19-16(14)10-17(23-19)12-3-2-7-21-11-12/h3-6,8-10,21H,2,7,11H2,1H3,(H,22,23). The van der Waals surface area contributed by atoms with E-state index in [1.54, 1.807) is 19.4 Å². The van der Waals surface area contributed by atoms with Crippen molar-refractivity contribution in [3.05, 3.63) is 54.1 Å². The largest absolute Gasteiger partial charge is 0.496 e. The minimum absolute atomic E-state index is 0.286. The van der Waals surface area contributed by atoms with E-state index in [1.807, 2.05) is 6.07 Å². The first-order chi connectivity index (χ1) is 11.8. The molecule has 4 rings (SSSR count). The van der Waals surface area contributed by atoms with Crippen molar-refractivity contribution in [2.75, 3.05) is 20.2 Å². The van der Waals surface area contributed by atoms with Crippen molar-refractivity contribution in [2.45, 2.75) is 6.42 Å². The summed E-state index contributed by atoms with van der Waals surface area (Å²) in [6.45, 7) is 1.85. The molecular weight excluding hydrogens is 305 g/mol. The Balaban J connectivity index is 1.89. The number of H-pyrrole nitrogens is 1. The molecule has 5 heteroatoms. The molecule has 1 aliphatic heterocycles. The highest BCUT2D eigenvalue weighted by molar-refractivity contribution is 5.96. The zero-order chi connectivity index (χ0) is 16.5. The average molecular weight is 323 g/mol. The lowest BCUT2D eigenvalue weighted by Gasteiger charge is -2.12. The van der Waals surface area contributed by atoms with E-state index in [0.717, 1.165) is 47.4 Å². The third-order valence-electron chi connectivity index (χ3n) is 4.36. The molecule has 0 atom stereocenters. The first kappa shape index (κ1) is 14.9. The molecule has 0 fully saturated rings. The summed E-state index contributed by atoms with van der Waals surface area (Å²) in [7, 11) is 1.59. The Labute approximate surface area is 139 Å². The van der Waals surface area contributed by atoms with Crippen molar-refractivity contribution in [2.24, 2.45) is 0 Å². The summed E-state index contributed by atoms with van der Waals surface area (Å²) in [5.41, 5.74) is 4.71. The van der Waals surface area contributed by atoms with Crippen LogP contribution in [0.5, 0.6) is 5.75 Å². The maximum Gasteiger partial charge on any atom is 0.138 e. The Morgan fingerprint density at radius 2 is 2.08 bits per heavy atom. The molecular formula is C19H18FN3O. The van der Waals surface area contributed by atoms with Gasteiger partial charge in [-0.25, -0.2) is 9.37 Å². The highest BCUT2D eigenvalue weighted by Gasteiger charge is 2.15. The van der Waals surface area contributed by atoms with E-state index in [1.165, 1.54) is 17.7 Å². The van der Waals surface area contributed by atoms with Crippen molar-refractivity contribution in [1.82, 2.24) is 15.3 Å². The zero-order valence-electron chi connectivity index (χ0n) is 13.4. The number of aromatic nitrogens is 2. The minimum atomic E-state index is -0.286. The van der Waals surface area contributed by atoms with Crippen molar-refractivity contribution in [3.63, 3.8) is 0 Å². The third kappa shape index (κ3) is 2.57. The topological polar surface area (TPSA) is 49.9 Å². The van der Waals surface area contributed by atoms with E-state index in [-0.39, 0.29) is 5.82 Å². The molecule has 4 nitrogen and oxygen atoms in total. The van der Waals surface area contributed by atoms with Gasteiger partial charge in [-0.15, -0.1) is 0 Å². The van der Waals surface area contributed by atoms with Gasteiger partial charge in [0.2, 0.25) is 0 Å². The lowest BCUT2D eigenvalue weighted by Crippen LogP contribution is -2.21. The van der Waals surface area contributed by atoms with Gasteiger partial charge < -0.3 is 15.0 Å². The van der Waals surface area contributed by atoms with Crippen LogP contribution in [0.1, 0.15) is 12.1 Å². The lowest BCUT2D eigenvalue weighted by molar-refractivity contribution is 0.415. The van der Waals surface area contributed by atoms with Gasteiger partial charge in [0.1, 0.15) is 17.2 Å². The summed E-state index contributed by atoms with van der Waals surface area (Å²) in [6, 6.07) is 8.53. The van der Waals surface area contributed by atoms with E-state index >= 15 is 0 Å². The molecule has 3 aromatic rings. The van der Waals surface area contributed by atoms with Gasteiger partial charge >= 0.3 is 0 Å². The maximum absolute atomic E-state index is 13.8. The Hall–Kier alpha value is -2.66. The van der Waals surface area contributed by atoms with Crippen LogP contribution in [0.4, 0.5) is 4.39 Å². The molecule has 24 heavy (non-hydrogen) atoms. The number of hydrogen-bond acceptors (Lipinski definition) is 3. The van der Waals surface area contributed by atoms with Crippen LogP contribution in [0.2, 0.25) is 0 Å². The third-order valence-corrected chi connectivity index (χ3v) is 4.36. The number of aromatic amines is 1. The fraction of sp³-hybridized carbons (Fsp3) is 0.211. The minimum Gasteiger partial charge on any atom is -0.496 e. The van der Waals surface area contributed by atoms with Crippen molar-refractivity contribution in [1.29, 1.82) is 0 Å². The molecule has 0 unspecified atom stereocenters. The normalized spacial score (nSPS) is 14.7. The average Bonchev–Trinajstić information content (AvgIpc) is 3.06. The Morgan fingerprint density at radius 1 is 1.17 bits per heavy atom. The number of nitrogens with zero attached hydrogens (tertiary/aromatic N) is 1. The second-order valence-electron chi connectivity index (χ2n) is 5.84. The summed E-state index contributed by atoms with van der Waals surface area (Å²) in [5, 5.41) is 4.33. The fourth-order valence-corrected chi connectivity index (χ4v) is 3.17. The first-order valence-electron chi connectivity index (χ1n) is 7.98. The van der Waals surface area contributed by atoms with Crippen LogP contribution in [-0.2, 0) is 0 Å². The van der Waals surface area contributed by atoms with Crippen molar-refractivity contribution < 1.29 is 9.13 Å². The molecule has 1 aliphatic rings. The SMILES string of the molecule is COc1ccc(F)cc1-c1ccnc2[nH]c(C3=CCCNC3)cc12. The Bertz CT molecular complexity index is 930. The predicted molar refractivity (Wildman–Crippen MR) is 93.5 cm³/mol. The number of pyridine rings is 1. The van der Waals surface area contributed by atoms with E-state index in [2.05, 4.69) is 27.4 Å². The van der Waals surface area contributed by atoms with Crippen LogP contribution in [0, 0.1) is 5.82 Å². The zero-order valence-corrected chi connectivity index (χ0v) is 13.4. The van der Waals surface area contributed by atoms with Crippen LogP contribution >= 0.6 is 0 Å². The summed E-state index contributed by atoms with van der Waals surface area (Å²) in [5.74, 6) is 0.357. The van der Waals surface area contributed by atoms with Gasteiger partial charge in [-0.2, -0.15) is 0 Å². The maximum atomic E-state index is 13.8. The molecule has 122 valence electrons. The van der Waals surface area contributed by atoms with Gasteiger partial charge in [-0.3, -0.25) is 0 Å². The fourth-order valence-electron chi connectivity index (χ4n) is 3.17. The molecule has 2 N–H and O–H groups in total. The second kappa shape index (κ2) is 6.09. The quantitative estimate of drug-likeness (QED) is 0.772. The molecule has 3 heterocycles. The molecule has 2 aromatic heterocycles. The van der Waals surface area contributed by atoms with Gasteiger partial charge in [0.05, 0.1) is 7.11 Å². The molecule has 0 bridgehead atoms. The van der Waals surface area contributed by atoms with Crippen LogP contribution in [0.15, 0.2) is 42.6 Å². The number of benzene rings is 1. The lowest BCUT2D eigenvalue weighted by atomic mass is 10.0. The Morgan fingerprint density at radius 3 is 2.88 bits per heavy atom. The van der Waals surface area contributed by atoms with E-state index in [4.69, 9.17) is 4.74 Å². The van der Waals surface area contributed by atoms with Gasteiger partial charge in [-0.05, 0) is 54.4 Å². The van der Waals surface area contributed by atoms with Crippen LogP contribution in [0.25, 0.3) is 27.7 Å². The molecule has 0 spiro atoms. The Kier molecular flexibility index (Phi) is 3.78. The number of halogens is 1. The summed E-state index contributed by atoms with van der Waals surface area (Å²) < 4.78 is 19.2. The highest BCUT2D eigenvalue weighted by Crippen LogP contribution is 2.36. The van der Waals surface area contributed by atoms with Crippen LogP contribution < -0.4 is 10.1 Å². The van der Waals surface area contributed by atoms with Crippen LogP contribution in [0.3, 0.4) is 0 Å². The number of nitrogens with one attached hydrogen (secondary N) is 2. The van der Waals surface area contributed by atoms with Gasteiger partial charge in [-0.1, -0.05) is 6.08 Å². The van der Waals surface area contributed by atoms with Gasteiger partial charge in [0.15, 0.2) is 0 Å². The van der Waals surface area contributed by atoms with E-state index in [0.29, 0.717) is 5.75 Å². The highest BCUT2D eigenvalue weighted by atomic mass is 19.1. The smallest absolute Gasteiger partial charge is 0.138 e. The monoisotopic (exact) mass is 323 g/mol. The van der Waals surface area contributed by atoms with Crippen LogP contribution in [-0.4, -0.2) is 30.2 Å². The molecule has 0 saturated carbocycles. The molecule has 0 saturated heterocycles. The predicted octanol–water partition coefficient (Wildman–Crippen LogP) is 3.75. The number of ether oxygens (including phenoxy) is 1. The number of methoxy groups -OCH3 is 1. The summed E-state index contributed by atoms with van der Waals surface area (Å²) in [4.78, 5) is 7.80. The first-order valence-corrected chi connectivity index (χ1v) is 7.98.